The molecule has 0 spiro atoms. The summed E-state index contributed by atoms with van der Waals surface area (Å²) in [5, 5.41) is 0. The van der Waals surface area contributed by atoms with Gasteiger partial charge in [-0.3, -0.25) is 4.79 Å². The van der Waals surface area contributed by atoms with E-state index >= 15 is 0 Å². The van der Waals surface area contributed by atoms with Crippen molar-refractivity contribution in [3.8, 4) is 0 Å². The Hall–Kier alpha value is -1.16. The molecule has 1 amide bonds. The summed E-state index contributed by atoms with van der Waals surface area (Å²) >= 11 is 4.16. The van der Waals surface area contributed by atoms with Crippen molar-refractivity contribution in [2.45, 2.75) is 25.3 Å². The molecular formula is C15H20N2OS. The van der Waals surface area contributed by atoms with Crippen LogP contribution in [0.1, 0.15) is 18.4 Å². The molecule has 1 aromatic rings. The molecule has 3 nitrogen and oxygen atoms in total. The lowest BCUT2D eigenvalue weighted by Gasteiger charge is -2.27. The quantitative estimate of drug-likeness (QED) is 0.835. The van der Waals surface area contributed by atoms with Crippen LogP contribution < -0.4 is 4.90 Å². The Morgan fingerprint density at radius 3 is 3.00 bits per heavy atom. The zero-order valence-corrected chi connectivity index (χ0v) is 12.0. The average molecular weight is 276 g/mol. The number of carbonyl (C=O) groups excluding carboxylic acids is 1. The largest absolute Gasteiger partial charge is 0.366 e. The number of fused-ring (bicyclic) bond motifs is 3. The average Bonchev–Trinajstić information content (AvgIpc) is 2.63. The Kier molecular flexibility index (Phi) is 3.69. The molecule has 2 aliphatic heterocycles. The van der Waals surface area contributed by atoms with E-state index in [-0.39, 0.29) is 5.91 Å². The van der Waals surface area contributed by atoms with Gasteiger partial charge in [0.2, 0.25) is 5.91 Å². The van der Waals surface area contributed by atoms with Crippen LogP contribution >= 0.6 is 12.6 Å². The van der Waals surface area contributed by atoms with Crippen molar-refractivity contribution < 1.29 is 4.79 Å². The molecule has 1 atom stereocenters. The van der Waals surface area contributed by atoms with Crippen LogP contribution in [-0.2, 0) is 11.2 Å². The van der Waals surface area contributed by atoms with Gasteiger partial charge in [0.1, 0.15) is 0 Å². The first kappa shape index (κ1) is 12.9. The van der Waals surface area contributed by atoms with Gasteiger partial charge in [0.15, 0.2) is 0 Å². The van der Waals surface area contributed by atoms with E-state index < -0.39 is 0 Å². The Bertz CT molecular complexity index is 477. The zero-order valence-electron chi connectivity index (χ0n) is 11.1. The van der Waals surface area contributed by atoms with Crippen molar-refractivity contribution >= 4 is 24.2 Å². The molecule has 19 heavy (non-hydrogen) atoms. The molecule has 4 heteroatoms. The molecule has 0 bridgehead atoms. The van der Waals surface area contributed by atoms with E-state index in [1.165, 1.54) is 11.3 Å². The van der Waals surface area contributed by atoms with Crippen molar-refractivity contribution in [3.05, 3.63) is 29.8 Å². The summed E-state index contributed by atoms with van der Waals surface area (Å²) in [5.41, 5.74) is 2.80. The Balaban J connectivity index is 1.77. The fourth-order valence-electron chi connectivity index (χ4n) is 3.25. The summed E-state index contributed by atoms with van der Waals surface area (Å²) < 4.78 is 0. The van der Waals surface area contributed by atoms with Gasteiger partial charge in [-0.15, -0.1) is 0 Å². The van der Waals surface area contributed by atoms with Gasteiger partial charge >= 0.3 is 0 Å². The topological polar surface area (TPSA) is 23.6 Å². The smallest absolute Gasteiger partial charge is 0.223 e. The summed E-state index contributed by atoms with van der Waals surface area (Å²) in [6.45, 7) is 2.81. The lowest BCUT2D eigenvalue weighted by molar-refractivity contribution is -0.130. The van der Waals surface area contributed by atoms with Crippen molar-refractivity contribution in [3.63, 3.8) is 0 Å². The van der Waals surface area contributed by atoms with E-state index in [0.29, 0.717) is 18.2 Å². The molecule has 1 aromatic carbocycles. The SMILES string of the molecule is O=C(CCS)N1CCCN2c3ccccc3CC2C1. The number of para-hydroxylation sites is 1. The molecule has 2 heterocycles. The van der Waals surface area contributed by atoms with Gasteiger partial charge in [-0.05, 0) is 30.2 Å². The lowest BCUT2D eigenvalue weighted by atomic mass is 10.1. The standard InChI is InChI=1S/C15H20N2OS/c18-15(6-9-19)16-7-3-8-17-13(11-16)10-12-4-1-2-5-14(12)17/h1-2,4-5,13,19H,3,6-11H2. The molecule has 0 saturated carbocycles. The molecule has 102 valence electrons. The first-order valence-corrected chi connectivity index (χ1v) is 7.66. The minimum atomic E-state index is 0.257. The van der Waals surface area contributed by atoms with Crippen molar-refractivity contribution in [2.75, 3.05) is 30.3 Å². The first-order valence-electron chi connectivity index (χ1n) is 7.03. The monoisotopic (exact) mass is 276 g/mol. The molecular weight excluding hydrogens is 256 g/mol. The Morgan fingerprint density at radius 2 is 2.16 bits per heavy atom. The third kappa shape index (κ3) is 2.46. The van der Waals surface area contributed by atoms with Crippen LogP contribution in [0.25, 0.3) is 0 Å². The Labute approximate surface area is 120 Å². The molecule has 0 radical (unpaired) electrons. The highest BCUT2D eigenvalue weighted by atomic mass is 32.1. The van der Waals surface area contributed by atoms with Crippen LogP contribution in [-0.4, -0.2) is 42.2 Å². The van der Waals surface area contributed by atoms with E-state index in [1.54, 1.807) is 0 Å². The van der Waals surface area contributed by atoms with Gasteiger partial charge in [-0.1, -0.05) is 18.2 Å². The van der Waals surface area contributed by atoms with Crippen molar-refractivity contribution in [1.29, 1.82) is 0 Å². The highest BCUT2D eigenvalue weighted by Crippen LogP contribution is 2.33. The number of benzene rings is 1. The third-order valence-electron chi connectivity index (χ3n) is 4.13. The molecule has 0 aromatic heterocycles. The summed E-state index contributed by atoms with van der Waals surface area (Å²) in [4.78, 5) is 16.6. The second-order valence-corrected chi connectivity index (χ2v) is 5.79. The fraction of sp³-hybridized carbons (Fsp3) is 0.533. The van der Waals surface area contributed by atoms with Crippen LogP contribution in [0.15, 0.2) is 24.3 Å². The minimum absolute atomic E-state index is 0.257. The number of carbonyl (C=O) groups is 1. The second-order valence-electron chi connectivity index (χ2n) is 5.35. The maximum Gasteiger partial charge on any atom is 0.223 e. The first-order chi connectivity index (χ1) is 9.29. The lowest BCUT2D eigenvalue weighted by Crippen LogP contribution is -2.41. The van der Waals surface area contributed by atoms with E-state index in [4.69, 9.17) is 0 Å². The molecule has 0 aliphatic carbocycles. The molecule has 1 fully saturated rings. The number of amides is 1. The number of rotatable bonds is 2. The van der Waals surface area contributed by atoms with E-state index in [1.807, 2.05) is 4.90 Å². The van der Waals surface area contributed by atoms with Gasteiger partial charge in [-0.2, -0.15) is 12.6 Å². The van der Waals surface area contributed by atoms with Gasteiger partial charge < -0.3 is 9.80 Å². The third-order valence-corrected chi connectivity index (χ3v) is 4.36. The summed E-state index contributed by atoms with van der Waals surface area (Å²) in [5.74, 6) is 0.900. The Morgan fingerprint density at radius 1 is 1.32 bits per heavy atom. The van der Waals surface area contributed by atoms with Crippen LogP contribution in [0.4, 0.5) is 5.69 Å². The van der Waals surface area contributed by atoms with Crippen molar-refractivity contribution in [1.82, 2.24) is 4.90 Å². The minimum Gasteiger partial charge on any atom is -0.366 e. The number of nitrogens with zero attached hydrogens (tertiary/aromatic N) is 2. The van der Waals surface area contributed by atoms with E-state index in [0.717, 1.165) is 32.5 Å². The molecule has 3 rings (SSSR count). The summed E-state index contributed by atoms with van der Waals surface area (Å²) in [6, 6.07) is 9.10. The summed E-state index contributed by atoms with van der Waals surface area (Å²) in [7, 11) is 0. The summed E-state index contributed by atoms with van der Waals surface area (Å²) in [6.07, 6.45) is 2.69. The number of thiol groups is 1. The van der Waals surface area contributed by atoms with Crippen LogP contribution in [0.5, 0.6) is 0 Å². The van der Waals surface area contributed by atoms with Gasteiger partial charge in [0.05, 0.1) is 6.04 Å². The predicted octanol–water partition coefficient (Wildman–Crippen LogP) is 1.97. The van der Waals surface area contributed by atoms with E-state index in [9.17, 15) is 4.79 Å². The highest BCUT2D eigenvalue weighted by molar-refractivity contribution is 7.80. The second kappa shape index (κ2) is 5.45. The van der Waals surface area contributed by atoms with Crippen molar-refractivity contribution in [2.24, 2.45) is 0 Å². The van der Waals surface area contributed by atoms with Crippen LogP contribution in [0.3, 0.4) is 0 Å². The number of hydrogen-bond donors (Lipinski definition) is 1. The molecule has 1 saturated heterocycles. The maximum absolute atomic E-state index is 12.1. The fourth-order valence-corrected chi connectivity index (χ4v) is 3.44. The van der Waals surface area contributed by atoms with Crippen LogP contribution in [0.2, 0.25) is 0 Å². The normalized spacial score (nSPS) is 21.8. The molecule has 0 N–H and O–H groups in total. The highest BCUT2D eigenvalue weighted by Gasteiger charge is 2.33. The van der Waals surface area contributed by atoms with E-state index in [2.05, 4.69) is 41.8 Å². The molecule has 1 unspecified atom stereocenters. The maximum atomic E-state index is 12.1. The van der Waals surface area contributed by atoms with Crippen LogP contribution in [0, 0.1) is 0 Å². The number of anilines is 1. The van der Waals surface area contributed by atoms with Gasteiger partial charge in [0.25, 0.3) is 0 Å². The number of hydrogen-bond acceptors (Lipinski definition) is 3. The van der Waals surface area contributed by atoms with Gasteiger partial charge in [-0.25, -0.2) is 0 Å². The zero-order chi connectivity index (χ0) is 13.2. The predicted molar refractivity (Wildman–Crippen MR) is 80.9 cm³/mol. The van der Waals surface area contributed by atoms with Gasteiger partial charge in [0, 0.05) is 31.7 Å². The molecule has 2 aliphatic rings.